The topological polar surface area (TPSA) is 375 Å². The lowest BCUT2D eigenvalue weighted by Crippen LogP contribution is -2.65. The number of carbonyl (C=O) groups is 8. The number of hydrogen-bond acceptors (Lipinski definition) is 16. The van der Waals surface area contributed by atoms with Crippen molar-refractivity contribution in [1.82, 2.24) is 30.8 Å². The number of carbonyl (C=O) groups excluding carboxylic acids is 7. The Morgan fingerprint density at radius 3 is 2.04 bits per heavy atom. The number of rotatable bonds is 28. The third-order valence-corrected chi connectivity index (χ3v) is 11.8. The van der Waals surface area contributed by atoms with Gasteiger partial charge in [-0.15, -0.1) is 0 Å². The number of nitrogens with one attached hydrogen (secondary N) is 4. The van der Waals surface area contributed by atoms with E-state index in [1.54, 1.807) is 68.4 Å². The van der Waals surface area contributed by atoms with Crippen LogP contribution in [0.2, 0.25) is 0 Å². The quantitative estimate of drug-likeness (QED) is 0.0128. The first-order valence-corrected chi connectivity index (χ1v) is 25.0. The molecule has 1 saturated heterocycles. The monoisotopic (exact) mass is 1070 g/mol. The summed E-state index contributed by atoms with van der Waals surface area (Å²) < 4.78 is 17.2. The molecule has 1 aliphatic heterocycles. The number of nitro groups is 1. The lowest BCUT2D eigenvalue weighted by molar-refractivity contribution is -0.640. The molecule has 418 valence electrons. The third kappa shape index (κ3) is 19.2. The molecule has 0 saturated carbocycles. The van der Waals surface area contributed by atoms with Crippen LogP contribution in [0.4, 0.5) is 4.79 Å². The van der Waals surface area contributed by atoms with Gasteiger partial charge in [0.25, 0.3) is 11.8 Å². The number of ether oxygens (including phenoxy) is 3. The maximum absolute atomic E-state index is 15.1. The van der Waals surface area contributed by atoms with Crippen LogP contribution in [-0.2, 0) is 62.7 Å². The van der Waals surface area contributed by atoms with Gasteiger partial charge in [0.05, 0.1) is 25.3 Å². The summed E-state index contributed by atoms with van der Waals surface area (Å²) in [4.78, 5) is 127. The highest BCUT2D eigenvalue weighted by Crippen LogP contribution is 2.25. The molecule has 6 amide bonds. The zero-order valence-corrected chi connectivity index (χ0v) is 43.9. The van der Waals surface area contributed by atoms with E-state index in [1.165, 1.54) is 20.8 Å². The number of imide groups is 1. The van der Waals surface area contributed by atoms with Crippen molar-refractivity contribution in [3.05, 3.63) is 112 Å². The predicted molar refractivity (Wildman–Crippen MR) is 278 cm³/mol. The molecular formula is C52H71N11O14. The number of nitrogens with zero attached hydrogens (tertiary/aromatic N) is 4. The van der Waals surface area contributed by atoms with Gasteiger partial charge in [-0.05, 0) is 99.0 Å². The van der Waals surface area contributed by atoms with Crippen molar-refractivity contribution >= 4 is 53.3 Å². The highest BCUT2D eigenvalue weighted by molar-refractivity contribution is 6.14. The number of carboxylic acids is 1. The van der Waals surface area contributed by atoms with Gasteiger partial charge in [-0.3, -0.25) is 39.0 Å². The van der Waals surface area contributed by atoms with Crippen molar-refractivity contribution in [3.8, 4) is 5.75 Å². The molecule has 1 heterocycles. The van der Waals surface area contributed by atoms with E-state index in [4.69, 9.17) is 41.9 Å². The predicted octanol–water partition coefficient (Wildman–Crippen LogP) is 1.76. The average molecular weight is 1070 g/mol. The second-order valence-electron chi connectivity index (χ2n) is 19.7. The molecule has 11 N–H and O–H groups in total. The van der Waals surface area contributed by atoms with E-state index in [-0.39, 0.29) is 68.3 Å². The molecule has 1 fully saturated rings. The summed E-state index contributed by atoms with van der Waals surface area (Å²) in [6.07, 6.45) is -2.44. The summed E-state index contributed by atoms with van der Waals surface area (Å²) in [6.45, 7) is 6.24. The number of aliphatic carboxylic acids is 1. The fourth-order valence-corrected chi connectivity index (χ4v) is 8.25. The fourth-order valence-electron chi connectivity index (χ4n) is 8.25. The maximum Gasteiger partial charge on any atom is 0.418 e. The molecule has 4 rings (SSSR count). The largest absolute Gasteiger partial charge is 0.489 e. The van der Waals surface area contributed by atoms with E-state index in [9.17, 15) is 43.7 Å². The van der Waals surface area contributed by atoms with E-state index in [0.29, 0.717) is 16.9 Å². The average Bonchev–Trinajstić information content (AvgIpc) is 3.87. The first kappa shape index (κ1) is 61.5. The van der Waals surface area contributed by atoms with Crippen LogP contribution in [0.5, 0.6) is 5.75 Å². The highest BCUT2D eigenvalue weighted by atomic mass is 16.7. The lowest BCUT2D eigenvalue weighted by Gasteiger charge is -2.34. The van der Waals surface area contributed by atoms with Crippen LogP contribution >= 0.6 is 0 Å². The van der Waals surface area contributed by atoms with Crippen molar-refractivity contribution in [3.63, 3.8) is 0 Å². The molecule has 25 heteroatoms. The van der Waals surface area contributed by atoms with Crippen LogP contribution in [0, 0.1) is 21.4 Å². The van der Waals surface area contributed by atoms with Crippen LogP contribution < -0.4 is 37.9 Å². The minimum Gasteiger partial charge on any atom is -0.489 e. The van der Waals surface area contributed by atoms with Gasteiger partial charge in [0.15, 0.2) is 28.9 Å². The van der Waals surface area contributed by atoms with Gasteiger partial charge in [-0.25, -0.2) is 19.8 Å². The molecule has 0 aliphatic carbocycles. The number of hydrogen-bond donors (Lipinski definition) is 8. The van der Waals surface area contributed by atoms with Crippen LogP contribution in [-0.4, -0.2) is 146 Å². The van der Waals surface area contributed by atoms with Crippen LogP contribution in [0.25, 0.3) is 0 Å². The number of nitrogens with two attached hydrogens (primary N) is 3. The summed E-state index contributed by atoms with van der Waals surface area (Å²) >= 11 is 0. The van der Waals surface area contributed by atoms with Crippen LogP contribution in [0.1, 0.15) is 83.4 Å². The SMILES string of the molecule is CC(C)CC(NC(=O)C(C(=O)C(N)COCc1ccccc1)N(C(=O)OC(C)(C)C)C(=O)C(N)Cc1ccc(OCc2ccccc2)cc1)C(=O)N(C(CCCNC(=N)N)C(=O)N1CCCC1C(=O)NCC(=O)O)[N+](=O)[O-]. The van der Waals surface area contributed by atoms with Gasteiger partial charge in [0.1, 0.15) is 36.6 Å². The standard InChI is InChI=1S/C52H71N11O14/c1-32(2)26-39(48(70)62(63(73)74)41(18-12-24-57-50(55)56)49(71)60-25-13-19-40(60)45(67)58-28-42(64)65)59-46(68)43(44(66)38(54)31-75-29-34-14-8-6-9-15-34)61(51(72)77-52(3,4)5)47(69)37(53)27-33-20-22-36(23-21-33)76-30-35-16-10-7-11-17-35/h6-11,14-17,20-23,32,37-41,43H,12-13,18-19,24-31,53-54H2,1-5H3,(H,58,67)(H,59,68)(H,64,65)(H4,55,56,57). The van der Waals surface area contributed by atoms with Gasteiger partial charge in [0.2, 0.25) is 11.8 Å². The summed E-state index contributed by atoms with van der Waals surface area (Å²) in [5.74, 6) is -9.38. The van der Waals surface area contributed by atoms with Crippen molar-refractivity contribution in [2.24, 2.45) is 23.1 Å². The first-order chi connectivity index (χ1) is 36.4. The lowest BCUT2D eigenvalue weighted by atomic mass is 9.98. The normalized spacial score (nSPS) is 15.2. The van der Waals surface area contributed by atoms with Gasteiger partial charge in [-0.2, -0.15) is 0 Å². The van der Waals surface area contributed by atoms with Crippen molar-refractivity contribution < 1.29 is 62.7 Å². The number of hydrazine groups is 1. The van der Waals surface area contributed by atoms with E-state index >= 15 is 4.79 Å². The Balaban J connectivity index is 1.77. The summed E-state index contributed by atoms with van der Waals surface area (Å²) in [7, 11) is 0. The number of ketones is 1. The Bertz CT molecular complexity index is 2530. The van der Waals surface area contributed by atoms with Gasteiger partial charge < -0.3 is 57.4 Å². The van der Waals surface area contributed by atoms with Crippen molar-refractivity contribution in [1.29, 1.82) is 5.41 Å². The van der Waals surface area contributed by atoms with E-state index in [1.807, 2.05) is 30.3 Å². The van der Waals surface area contributed by atoms with Crippen LogP contribution in [0.15, 0.2) is 84.9 Å². The minimum absolute atomic E-state index is 0.00135. The molecule has 77 heavy (non-hydrogen) atoms. The zero-order valence-electron chi connectivity index (χ0n) is 43.9. The highest BCUT2D eigenvalue weighted by Gasteiger charge is 2.50. The third-order valence-electron chi connectivity index (χ3n) is 11.8. The summed E-state index contributed by atoms with van der Waals surface area (Å²) in [6, 6.07) is 13.5. The number of likely N-dealkylation sites (tertiary alicyclic amines) is 1. The minimum atomic E-state index is -2.55. The molecule has 0 bridgehead atoms. The Morgan fingerprint density at radius 2 is 1.48 bits per heavy atom. The Morgan fingerprint density at radius 1 is 0.870 bits per heavy atom. The van der Waals surface area contributed by atoms with E-state index < -0.39 is 126 Å². The number of benzene rings is 3. The maximum atomic E-state index is 15.1. The molecule has 0 radical (unpaired) electrons. The molecule has 0 aromatic heterocycles. The first-order valence-electron chi connectivity index (χ1n) is 25.0. The summed E-state index contributed by atoms with van der Waals surface area (Å²) in [5.41, 5.74) is 19.1. The fraction of sp³-hybridized carbons (Fsp3) is 0.481. The van der Waals surface area contributed by atoms with Crippen LogP contribution in [0.3, 0.4) is 0 Å². The Hall–Kier alpha value is -8.03. The number of Topliss-reactive ketones (excluding diaryl/α,β-unsaturated/α-hetero) is 1. The number of carboxylic acid groups (broad SMARTS) is 1. The Kier molecular flexibility index (Phi) is 23.4. The molecule has 25 nitrogen and oxygen atoms in total. The molecule has 1 aliphatic rings. The van der Waals surface area contributed by atoms with Crippen molar-refractivity contribution in [2.45, 2.75) is 128 Å². The molecule has 3 aromatic carbocycles. The molecule has 0 spiro atoms. The molecule has 6 unspecified atom stereocenters. The Labute approximate surface area is 446 Å². The van der Waals surface area contributed by atoms with E-state index in [2.05, 4.69) is 16.0 Å². The molecular weight excluding hydrogens is 1000 g/mol. The summed E-state index contributed by atoms with van der Waals surface area (Å²) in [5, 5.41) is 35.8. The number of amides is 6. The molecule has 3 aromatic rings. The van der Waals surface area contributed by atoms with Gasteiger partial charge in [0, 0.05) is 13.1 Å². The zero-order chi connectivity index (χ0) is 57.0. The van der Waals surface area contributed by atoms with E-state index in [0.717, 1.165) is 10.5 Å². The number of guanidine groups is 1. The smallest absolute Gasteiger partial charge is 0.418 e. The van der Waals surface area contributed by atoms with Crippen molar-refractivity contribution in [2.75, 3.05) is 26.2 Å². The molecule has 6 atom stereocenters. The second kappa shape index (κ2) is 29.3. The second-order valence-corrected chi connectivity index (χ2v) is 19.7. The van der Waals surface area contributed by atoms with Gasteiger partial charge in [-0.1, -0.05) is 86.6 Å². The van der Waals surface area contributed by atoms with Gasteiger partial charge >= 0.3 is 18.0 Å².